The van der Waals surface area contributed by atoms with Gasteiger partial charge in [0.05, 0.1) is 17.6 Å². The van der Waals surface area contributed by atoms with Crippen LogP contribution in [0.5, 0.6) is 0 Å². The Morgan fingerprint density at radius 2 is 1.92 bits per heavy atom. The Morgan fingerprint density at radius 1 is 1.12 bits per heavy atom. The number of imidazole rings is 1. The first-order valence-corrected chi connectivity index (χ1v) is 9.62. The quantitative estimate of drug-likeness (QED) is 0.683. The molecule has 3 heterocycles. The molecule has 1 aliphatic carbocycles. The second-order valence-electron chi connectivity index (χ2n) is 7.05. The number of fused-ring (bicyclic) bond motifs is 1. The zero-order valence-corrected chi connectivity index (χ0v) is 16.1. The van der Waals surface area contributed by atoms with Crippen molar-refractivity contribution in [1.29, 1.82) is 0 Å². The highest BCUT2D eigenvalue weighted by Gasteiger charge is 2.19. The molecule has 0 spiro atoms. The summed E-state index contributed by atoms with van der Waals surface area (Å²) >= 11 is 3.53. The summed E-state index contributed by atoms with van der Waals surface area (Å²) in [7, 11) is 0. The number of halogens is 1. The second kappa shape index (κ2) is 6.75. The number of pyridine rings is 1. The van der Waals surface area contributed by atoms with Crippen molar-refractivity contribution < 1.29 is 0 Å². The summed E-state index contributed by atoms with van der Waals surface area (Å²) in [6, 6.07) is 4.46. The fraction of sp³-hybridized carbons (Fsp3) is 0.421. The number of nitrogens with zero attached hydrogens (tertiary/aromatic N) is 4. The van der Waals surface area contributed by atoms with Crippen molar-refractivity contribution in [3.63, 3.8) is 0 Å². The second-order valence-corrected chi connectivity index (χ2v) is 7.96. The van der Waals surface area contributed by atoms with Gasteiger partial charge in [-0.2, -0.15) is 0 Å². The molecule has 4 rings (SSSR count). The van der Waals surface area contributed by atoms with Gasteiger partial charge in [0, 0.05) is 22.9 Å². The Kier molecular flexibility index (Phi) is 4.46. The number of rotatable bonds is 3. The van der Waals surface area contributed by atoms with Crippen LogP contribution in [0.15, 0.2) is 35.2 Å². The number of hydrogen-bond acceptors (Lipinski definition) is 4. The number of aryl methyl sites for hydroxylation is 1. The van der Waals surface area contributed by atoms with Gasteiger partial charge in [0.1, 0.15) is 5.65 Å². The van der Waals surface area contributed by atoms with Crippen LogP contribution in [0, 0.1) is 12.8 Å². The van der Waals surface area contributed by atoms with E-state index in [0.29, 0.717) is 12.0 Å². The molecule has 0 radical (unpaired) electrons. The van der Waals surface area contributed by atoms with Crippen molar-refractivity contribution in [2.75, 3.05) is 5.32 Å². The van der Waals surface area contributed by atoms with Gasteiger partial charge in [0.2, 0.25) is 5.95 Å². The fourth-order valence-corrected chi connectivity index (χ4v) is 3.82. The van der Waals surface area contributed by atoms with Crippen LogP contribution in [-0.2, 0) is 0 Å². The lowest BCUT2D eigenvalue weighted by molar-refractivity contribution is 0.360. The average molecular weight is 400 g/mol. The van der Waals surface area contributed by atoms with Gasteiger partial charge in [-0.1, -0.05) is 6.92 Å². The molecule has 0 aliphatic heterocycles. The average Bonchev–Trinajstić information content (AvgIpc) is 3.01. The minimum atomic E-state index is 0.475. The Hall–Kier alpha value is -1.95. The molecule has 130 valence electrons. The largest absolute Gasteiger partial charge is 0.351 e. The van der Waals surface area contributed by atoms with Crippen LogP contribution in [0.4, 0.5) is 5.95 Å². The third kappa shape index (κ3) is 3.40. The van der Waals surface area contributed by atoms with Crippen molar-refractivity contribution in [3.8, 4) is 11.4 Å². The highest BCUT2D eigenvalue weighted by molar-refractivity contribution is 9.10. The highest BCUT2D eigenvalue weighted by atomic mass is 79.9. The van der Waals surface area contributed by atoms with Crippen LogP contribution in [0.3, 0.4) is 0 Å². The lowest BCUT2D eigenvalue weighted by Gasteiger charge is -2.27. The van der Waals surface area contributed by atoms with Gasteiger partial charge in [0.25, 0.3) is 0 Å². The van der Waals surface area contributed by atoms with Crippen molar-refractivity contribution in [2.24, 2.45) is 5.92 Å². The van der Waals surface area contributed by atoms with Gasteiger partial charge in [-0.3, -0.25) is 4.40 Å². The summed E-state index contributed by atoms with van der Waals surface area (Å²) in [4.78, 5) is 13.8. The van der Waals surface area contributed by atoms with Crippen LogP contribution in [0.1, 0.15) is 38.2 Å². The molecule has 1 fully saturated rings. The van der Waals surface area contributed by atoms with Crippen LogP contribution in [0.25, 0.3) is 17.0 Å². The number of nitrogens with one attached hydrogen (secondary N) is 1. The minimum Gasteiger partial charge on any atom is -0.351 e. The molecule has 3 aromatic heterocycles. The predicted molar refractivity (Wildman–Crippen MR) is 104 cm³/mol. The van der Waals surface area contributed by atoms with Crippen LogP contribution in [0.2, 0.25) is 0 Å². The van der Waals surface area contributed by atoms with Crippen molar-refractivity contribution >= 4 is 27.5 Å². The molecule has 1 N–H and O–H groups in total. The Balaban J connectivity index is 1.66. The van der Waals surface area contributed by atoms with E-state index in [9.17, 15) is 0 Å². The molecule has 0 bridgehead atoms. The van der Waals surface area contributed by atoms with Crippen LogP contribution in [-0.4, -0.2) is 25.4 Å². The molecular weight excluding hydrogens is 378 g/mol. The number of anilines is 1. The first-order valence-electron chi connectivity index (χ1n) is 8.83. The molecule has 1 saturated carbocycles. The highest BCUT2D eigenvalue weighted by Crippen LogP contribution is 2.27. The molecule has 25 heavy (non-hydrogen) atoms. The molecule has 6 heteroatoms. The fourth-order valence-electron chi connectivity index (χ4n) is 3.49. The zero-order valence-electron chi connectivity index (χ0n) is 14.5. The molecule has 5 nitrogen and oxygen atoms in total. The summed E-state index contributed by atoms with van der Waals surface area (Å²) < 4.78 is 3.08. The molecule has 0 amide bonds. The molecule has 0 atom stereocenters. The van der Waals surface area contributed by atoms with E-state index in [1.807, 2.05) is 37.6 Å². The first kappa shape index (κ1) is 16.5. The van der Waals surface area contributed by atoms with E-state index in [4.69, 9.17) is 4.98 Å². The van der Waals surface area contributed by atoms with E-state index >= 15 is 0 Å². The lowest BCUT2D eigenvalue weighted by atomic mass is 9.87. The molecule has 0 aromatic carbocycles. The number of hydrogen-bond donors (Lipinski definition) is 1. The monoisotopic (exact) mass is 399 g/mol. The topological polar surface area (TPSA) is 55.1 Å². The Bertz CT molecular complexity index is 896. The summed E-state index contributed by atoms with van der Waals surface area (Å²) in [6.45, 7) is 4.37. The van der Waals surface area contributed by atoms with Gasteiger partial charge in [0.15, 0.2) is 0 Å². The van der Waals surface area contributed by atoms with E-state index in [-0.39, 0.29) is 0 Å². The van der Waals surface area contributed by atoms with Gasteiger partial charge < -0.3 is 5.32 Å². The smallest absolute Gasteiger partial charge is 0.223 e. The summed E-state index contributed by atoms with van der Waals surface area (Å²) in [5.41, 5.74) is 3.86. The van der Waals surface area contributed by atoms with E-state index in [2.05, 4.69) is 42.5 Å². The molecular formula is C19H22BrN5. The third-order valence-electron chi connectivity index (χ3n) is 5.03. The standard InChI is InChI=1S/C19H22BrN5/c1-12-3-6-15(7-4-12)23-19-22-9-13(2)18(24-19)16-10-21-17-8-5-14(20)11-25(16)17/h5,8-12,15H,3-4,6-7H2,1-2H3,(H,22,23,24). The van der Waals surface area contributed by atoms with Crippen LogP contribution < -0.4 is 5.32 Å². The van der Waals surface area contributed by atoms with Crippen LogP contribution >= 0.6 is 15.9 Å². The SMILES string of the molecule is Cc1cnc(NC2CCC(C)CC2)nc1-c1cnc2ccc(Br)cn12. The third-order valence-corrected chi connectivity index (χ3v) is 5.50. The number of aromatic nitrogens is 4. The maximum Gasteiger partial charge on any atom is 0.223 e. The maximum absolute atomic E-state index is 4.81. The molecule has 3 aromatic rings. The van der Waals surface area contributed by atoms with Crippen molar-refractivity contribution in [1.82, 2.24) is 19.4 Å². The summed E-state index contributed by atoms with van der Waals surface area (Å²) in [6.07, 6.45) is 10.7. The van der Waals surface area contributed by atoms with E-state index in [0.717, 1.165) is 33.0 Å². The zero-order chi connectivity index (χ0) is 17.4. The van der Waals surface area contributed by atoms with Gasteiger partial charge >= 0.3 is 0 Å². The summed E-state index contributed by atoms with van der Waals surface area (Å²) in [5, 5.41) is 3.53. The first-order chi connectivity index (χ1) is 12.1. The van der Waals surface area contributed by atoms with Crippen molar-refractivity contribution in [3.05, 3.63) is 40.8 Å². The van der Waals surface area contributed by atoms with E-state index in [1.54, 1.807) is 0 Å². The minimum absolute atomic E-state index is 0.475. The molecule has 0 saturated heterocycles. The van der Waals surface area contributed by atoms with Crippen molar-refractivity contribution in [2.45, 2.75) is 45.6 Å². The normalized spacial score (nSPS) is 20.8. The molecule has 0 unspecified atom stereocenters. The molecule has 1 aliphatic rings. The Labute approximate surface area is 156 Å². The predicted octanol–water partition coefficient (Wildman–Crippen LogP) is 4.85. The van der Waals surface area contributed by atoms with E-state index in [1.165, 1.54) is 25.7 Å². The summed E-state index contributed by atoms with van der Waals surface area (Å²) in [5.74, 6) is 1.55. The maximum atomic E-state index is 4.81. The van der Waals surface area contributed by atoms with Gasteiger partial charge in [-0.15, -0.1) is 0 Å². The van der Waals surface area contributed by atoms with Gasteiger partial charge in [-0.05, 0) is 72.2 Å². The Morgan fingerprint density at radius 3 is 2.72 bits per heavy atom. The van der Waals surface area contributed by atoms with Gasteiger partial charge in [-0.25, -0.2) is 15.0 Å². The lowest BCUT2D eigenvalue weighted by Crippen LogP contribution is -2.26. The van der Waals surface area contributed by atoms with E-state index < -0.39 is 0 Å².